The van der Waals surface area contributed by atoms with Gasteiger partial charge in [-0.25, -0.2) is 0 Å². The maximum absolute atomic E-state index is 13.2. The van der Waals surface area contributed by atoms with Gasteiger partial charge in [0.15, 0.2) is 11.6 Å². The molecule has 116 valence electrons. The Balaban J connectivity index is 2.04. The summed E-state index contributed by atoms with van der Waals surface area (Å²) < 4.78 is 0. The number of rotatable bonds is 1. The van der Waals surface area contributed by atoms with E-state index in [1.165, 1.54) is 0 Å². The van der Waals surface area contributed by atoms with Gasteiger partial charge in [0.2, 0.25) is 0 Å². The highest BCUT2D eigenvalue weighted by molar-refractivity contribution is 6.33. The van der Waals surface area contributed by atoms with E-state index in [0.717, 1.165) is 11.1 Å². The van der Waals surface area contributed by atoms with Crippen LogP contribution in [0.5, 0.6) is 0 Å². The van der Waals surface area contributed by atoms with Crippen molar-refractivity contribution in [2.75, 3.05) is 0 Å². The number of halogens is 1. The summed E-state index contributed by atoms with van der Waals surface area (Å²) in [5, 5.41) is 0.432. The molecule has 0 atom stereocenters. The summed E-state index contributed by atoms with van der Waals surface area (Å²) in [5.41, 5.74) is 3.25. The number of fused-ring (bicyclic) bond motifs is 3. The summed E-state index contributed by atoms with van der Waals surface area (Å²) in [6.45, 7) is 0. The van der Waals surface area contributed by atoms with Crippen LogP contribution in [0.25, 0.3) is 11.1 Å². The second kappa shape index (κ2) is 5.73. The van der Waals surface area contributed by atoms with E-state index in [2.05, 4.69) is 0 Å². The largest absolute Gasteiger partial charge is 0.293 e. The number of Topliss-reactive ketones (excluding diaryl/α,β-unsaturated/α-hetero) is 2. The van der Waals surface area contributed by atoms with Gasteiger partial charge in [-0.1, -0.05) is 78.3 Å². The molecule has 4 rings (SSSR count). The molecule has 0 amide bonds. The lowest BCUT2D eigenvalue weighted by atomic mass is 9.86. The summed E-state index contributed by atoms with van der Waals surface area (Å²) >= 11 is 6.29. The Bertz CT molecular complexity index is 917. The zero-order valence-corrected chi connectivity index (χ0v) is 13.5. The highest BCUT2D eigenvalue weighted by atomic mass is 35.5. The molecule has 1 aliphatic carbocycles. The van der Waals surface area contributed by atoms with Gasteiger partial charge in [0, 0.05) is 16.1 Å². The van der Waals surface area contributed by atoms with Gasteiger partial charge in [-0.2, -0.15) is 0 Å². The van der Waals surface area contributed by atoms with Crippen molar-refractivity contribution < 1.29 is 9.59 Å². The SMILES string of the molecule is O=C1c2ccccc2-c2ccccc2C(=O)C1c1ccccc1Cl. The Morgan fingerprint density at radius 2 is 1.00 bits per heavy atom. The fourth-order valence-corrected chi connectivity index (χ4v) is 3.53. The zero-order valence-electron chi connectivity index (χ0n) is 12.7. The van der Waals surface area contributed by atoms with Crippen LogP contribution in [0.3, 0.4) is 0 Å². The first kappa shape index (κ1) is 14.9. The molecular formula is C21H13ClO2. The Morgan fingerprint density at radius 1 is 0.583 bits per heavy atom. The molecule has 0 unspecified atom stereocenters. The maximum atomic E-state index is 13.2. The van der Waals surface area contributed by atoms with E-state index in [0.29, 0.717) is 21.7 Å². The summed E-state index contributed by atoms with van der Waals surface area (Å²) in [4.78, 5) is 26.4. The van der Waals surface area contributed by atoms with Crippen LogP contribution in [-0.4, -0.2) is 11.6 Å². The van der Waals surface area contributed by atoms with Crippen molar-refractivity contribution in [2.45, 2.75) is 5.92 Å². The molecule has 3 aromatic rings. The van der Waals surface area contributed by atoms with Crippen molar-refractivity contribution in [3.63, 3.8) is 0 Å². The Morgan fingerprint density at radius 3 is 1.50 bits per heavy atom. The summed E-state index contributed by atoms with van der Waals surface area (Å²) in [7, 11) is 0. The van der Waals surface area contributed by atoms with Gasteiger partial charge >= 0.3 is 0 Å². The molecule has 0 heterocycles. The third-order valence-corrected chi connectivity index (χ3v) is 4.76. The van der Waals surface area contributed by atoms with Gasteiger partial charge < -0.3 is 0 Å². The van der Waals surface area contributed by atoms with Crippen LogP contribution in [0.1, 0.15) is 32.2 Å². The summed E-state index contributed by atoms with van der Waals surface area (Å²) in [6.07, 6.45) is 0. The Kier molecular flexibility index (Phi) is 3.55. The molecule has 1 aliphatic rings. The molecule has 3 heteroatoms. The fraction of sp³-hybridized carbons (Fsp3) is 0.0476. The monoisotopic (exact) mass is 332 g/mol. The highest BCUT2D eigenvalue weighted by Crippen LogP contribution is 2.39. The molecule has 24 heavy (non-hydrogen) atoms. The minimum absolute atomic E-state index is 0.208. The average Bonchev–Trinajstić information content (AvgIpc) is 2.71. The second-order valence-corrected chi connectivity index (χ2v) is 6.18. The topological polar surface area (TPSA) is 34.1 Å². The van der Waals surface area contributed by atoms with Gasteiger partial charge in [-0.15, -0.1) is 0 Å². The summed E-state index contributed by atoms with van der Waals surface area (Å²) in [6, 6.07) is 21.8. The third kappa shape index (κ3) is 2.19. The van der Waals surface area contributed by atoms with Gasteiger partial charge in [-0.05, 0) is 22.8 Å². The lowest BCUT2D eigenvalue weighted by Gasteiger charge is -2.15. The Labute approximate surface area is 144 Å². The van der Waals surface area contributed by atoms with Crippen LogP contribution in [0.15, 0.2) is 72.8 Å². The molecule has 0 aliphatic heterocycles. The molecule has 3 aromatic carbocycles. The van der Waals surface area contributed by atoms with Crippen LogP contribution in [0.2, 0.25) is 5.02 Å². The van der Waals surface area contributed by atoms with E-state index < -0.39 is 5.92 Å². The van der Waals surface area contributed by atoms with Crippen LogP contribution < -0.4 is 0 Å². The number of benzene rings is 3. The molecule has 0 saturated heterocycles. The van der Waals surface area contributed by atoms with Crippen LogP contribution in [0, 0.1) is 0 Å². The van der Waals surface area contributed by atoms with Crippen molar-refractivity contribution >= 4 is 23.2 Å². The van der Waals surface area contributed by atoms with E-state index in [4.69, 9.17) is 11.6 Å². The molecule has 0 saturated carbocycles. The number of ketones is 2. The minimum atomic E-state index is -0.913. The smallest absolute Gasteiger partial charge is 0.178 e. The molecule has 0 bridgehead atoms. The fourth-order valence-electron chi connectivity index (χ4n) is 3.29. The molecule has 0 N–H and O–H groups in total. The summed E-state index contributed by atoms with van der Waals surface area (Å²) in [5.74, 6) is -1.33. The molecule has 0 fully saturated rings. The standard InChI is InChI=1S/C21H13ClO2/c22-18-12-6-5-11-17(18)19-20(23)15-9-3-1-7-13(15)14-8-2-4-10-16(14)21(19)24/h1-12,19H. The minimum Gasteiger partial charge on any atom is -0.293 e. The second-order valence-electron chi connectivity index (χ2n) is 5.77. The normalized spacial score (nSPS) is 14.0. The van der Waals surface area contributed by atoms with Gasteiger partial charge in [0.05, 0.1) is 0 Å². The molecule has 0 spiro atoms. The number of carbonyl (C=O) groups excluding carboxylic acids is 2. The molecular weight excluding hydrogens is 320 g/mol. The molecule has 0 aromatic heterocycles. The first-order valence-corrected chi connectivity index (χ1v) is 8.07. The van der Waals surface area contributed by atoms with Gasteiger partial charge in [0.25, 0.3) is 0 Å². The predicted molar refractivity (Wildman–Crippen MR) is 94.7 cm³/mol. The van der Waals surface area contributed by atoms with Crippen molar-refractivity contribution in [3.05, 3.63) is 94.5 Å². The molecule has 2 nitrogen and oxygen atoms in total. The van der Waals surface area contributed by atoms with Crippen LogP contribution in [0.4, 0.5) is 0 Å². The van der Waals surface area contributed by atoms with E-state index in [-0.39, 0.29) is 11.6 Å². The molecule has 0 radical (unpaired) electrons. The van der Waals surface area contributed by atoms with Crippen molar-refractivity contribution in [1.82, 2.24) is 0 Å². The van der Waals surface area contributed by atoms with Crippen LogP contribution in [-0.2, 0) is 0 Å². The first-order chi connectivity index (χ1) is 11.7. The van der Waals surface area contributed by atoms with Crippen molar-refractivity contribution in [3.8, 4) is 11.1 Å². The van der Waals surface area contributed by atoms with Gasteiger partial charge in [0.1, 0.15) is 5.92 Å². The van der Waals surface area contributed by atoms with E-state index in [1.54, 1.807) is 36.4 Å². The lowest BCUT2D eigenvalue weighted by molar-refractivity contribution is 0.0863. The quantitative estimate of drug-likeness (QED) is 0.576. The highest BCUT2D eigenvalue weighted by Gasteiger charge is 2.36. The number of hydrogen-bond donors (Lipinski definition) is 0. The van der Waals surface area contributed by atoms with Gasteiger partial charge in [-0.3, -0.25) is 9.59 Å². The van der Waals surface area contributed by atoms with E-state index in [9.17, 15) is 9.59 Å². The zero-order chi connectivity index (χ0) is 16.7. The maximum Gasteiger partial charge on any atom is 0.178 e. The first-order valence-electron chi connectivity index (χ1n) is 7.70. The Hall–Kier alpha value is -2.71. The van der Waals surface area contributed by atoms with Crippen molar-refractivity contribution in [1.29, 1.82) is 0 Å². The number of hydrogen-bond acceptors (Lipinski definition) is 2. The third-order valence-electron chi connectivity index (χ3n) is 4.42. The van der Waals surface area contributed by atoms with E-state index >= 15 is 0 Å². The number of carbonyl (C=O) groups is 2. The lowest BCUT2D eigenvalue weighted by Crippen LogP contribution is -2.21. The predicted octanol–water partition coefficient (Wildman–Crippen LogP) is 5.17. The van der Waals surface area contributed by atoms with Crippen molar-refractivity contribution in [2.24, 2.45) is 0 Å². The van der Waals surface area contributed by atoms with E-state index in [1.807, 2.05) is 36.4 Å². The average molecular weight is 333 g/mol. The van der Waals surface area contributed by atoms with Crippen LogP contribution >= 0.6 is 11.6 Å².